The van der Waals surface area contributed by atoms with Crippen LogP contribution in [0.4, 0.5) is 0 Å². The molecule has 0 bridgehead atoms. The summed E-state index contributed by atoms with van der Waals surface area (Å²) in [4.78, 5) is 10.4. The summed E-state index contributed by atoms with van der Waals surface area (Å²) in [5.41, 5.74) is 6.05. The molecule has 0 aromatic heterocycles. The maximum atomic E-state index is 11.8. The second kappa shape index (κ2) is 20.5. The molecule has 6 heteroatoms. The van der Waals surface area contributed by atoms with Crippen molar-refractivity contribution in [3.63, 3.8) is 0 Å². The lowest BCUT2D eigenvalue weighted by Crippen LogP contribution is -2.44. The van der Waals surface area contributed by atoms with Gasteiger partial charge in [0.1, 0.15) is 24.6 Å². The monoisotopic (exact) mass is 747 g/mol. The number of hydrogen-bond acceptors (Lipinski definition) is 4. The zero-order valence-electron chi connectivity index (χ0n) is 37.0. The second-order valence-corrected chi connectivity index (χ2v) is 19.5. The van der Waals surface area contributed by atoms with Crippen molar-refractivity contribution < 1.29 is 19.2 Å². The van der Waals surface area contributed by atoms with Gasteiger partial charge in [0.2, 0.25) is 0 Å². The van der Waals surface area contributed by atoms with E-state index in [1.807, 2.05) is 12.4 Å². The van der Waals surface area contributed by atoms with Gasteiger partial charge in [0.25, 0.3) is 0 Å². The van der Waals surface area contributed by atoms with Gasteiger partial charge in [-0.1, -0.05) is 108 Å². The van der Waals surface area contributed by atoms with E-state index in [1.165, 1.54) is 62.5 Å². The first kappa shape index (κ1) is 45.7. The molecule has 1 fully saturated rings. The zero-order chi connectivity index (χ0) is 40.2. The van der Waals surface area contributed by atoms with Crippen molar-refractivity contribution in [3.05, 3.63) is 57.6 Å². The SMILES string of the molecule is CCCC[N+](C)(CCCC)Cc1cc(C(C)(C)C)cc(/C=N/[C@@H]2CCCC[C@H]2/N=C/c2cc(C(C)(C)C)cc(C[N+](C)(CCCC)CCCC)c2O)c1O. The summed E-state index contributed by atoms with van der Waals surface area (Å²) in [6.45, 7) is 28.7. The van der Waals surface area contributed by atoms with Crippen molar-refractivity contribution in [3.8, 4) is 11.5 Å². The maximum Gasteiger partial charge on any atom is 0.133 e. The first-order valence-corrected chi connectivity index (χ1v) is 21.8. The molecule has 2 atom stereocenters. The molecule has 0 saturated heterocycles. The lowest BCUT2D eigenvalue weighted by molar-refractivity contribution is -0.923. The number of hydrogen-bond donors (Lipinski definition) is 2. The van der Waals surface area contributed by atoms with Gasteiger partial charge in [-0.2, -0.15) is 0 Å². The summed E-state index contributed by atoms with van der Waals surface area (Å²) in [6, 6.07) is 8.85. The van der Waals surface area contributed by atoms with E-state index in [4.69, 9.17) is 9.98 Å². The minimum Gasteiger partial charge on any atom is -0.507 e. The molecule has 1 aliphatic rings. The smallest absolute Gasteiger partial charge is 0.133 e. The molecule has 1 saturated carbocycles. The molecule has 304 valence electrons. The van der Waals surface area contributed by atoms with E-state index in [0.717, 1.165) is 96.2 Å². The maximum absolute atomic E-state index is 11.8. The third kappa shape index (κ3) is 13.5. The minimum absolute atomic E-state index is 0.0294. The highest BCUT2D eigenvalue weighted by atomic mass is 16.3. The molecule has 2 N–H and O–H groups in total. The molecule has 0 amide bonds. The van der Waals surface area contributed by atoms with Crippen LogP contribution in [0, 0.1) is 0 Å². The van der Waals surface area contributed by atoms with Crippen molar-refractivity contribution in [2.45, 2.75) is 182 Å². The molecule has 0 spiro atoms. The van der Waals surface area contributed by atoms with E-state index in [2.05, 4.69) is 108 Å². The molecule has 3 rings (SSSR count). The van der Waals surface area contributed by atoms with E-state index in [1.54, 1.807) is 0 Å². The normalized spacial score (nSPS) is 17.6. The summed E-state index contributed by atoms with van der Waals surface area (Å²) >= 11 is 0. The van der Waals surface area contributed by atoms with Gasteiger partial charge in [0.05, 0.1) is 52.4 Å². The van der Waals surface area contributed by atoms with Gasteiger partial charge in [0, 0.05) is 34.7 Å². The molecule has 54 heavy (non-hydrogen) atoms. The van der Waals surface area contributed by atoms with Crippen LogP contribution >= 0.6 is 0 Å². The van der Waals surface area contributed by atoms with Gasteiger partial charge >= 0.3 is 0 Å². The summed E-state index contributed by atoms with van der Waals surface area (Å²) < 4.78 is 1.89. The molecule has 1 aliphatic carbocycles. The molecule has 0 aliphatic heterocycles. The standard InChI is InChI=1S/C48H80N4O2/c1-13-17-25-51(11,26-18-14-2)35-39-31-41(47(5,6)7)29-37(45(39)53)33-49-43-23-21-22-24-44(43)50-34-38-30-42(48(8,9)10)32-40(46(38)54)36-52(12,27-19-15-3)28-20-16-4/h29-34,43-44H,13-28,35-36H2,1-12H3/p+2/t43-,44-/m1/s1. The number of quaternary nitrogens is 2. The van der Waals surface area contributed by atoms with E-state index >= 15 is 0 Å². The number of unbranched alkanes of at least 4 members (excludes halogenated alkanes) is 4. The predicted octanol–water partition coefficient (Wildman–Crippen LogP) is 11.6. The molecule has 2 aromatic carbocycles. The third-order valence-corrected chi connectivity index (χ3v) is 12.0. The average molecular weight is 747 g/mol. The van der Waals surface area contributed by atoms with Crippen LogP contribution in [0.25, 0.3) is 0 Å². The first-order chi connectivity index (χ1) is 25.4. The Morgan fingerprint density at radius 2 is 0.889 bits per heavy atom. The van der Waals surface area contributed by atoms with Crippen LogP contribution in [0.15, 0.2) is 34.3 Å². The van der Waals surface area contributed by atoms with Crippen molar-refractivity contribution in [2.24, 2.45) is 9.98 Å². The molecule has 6 nitrogen and oxygen atoms in total. The predicted molar refractivity (Wildman–Crippen MR) is 234 cm³/mol. The number of aromatic hydroxyl groups is 2. The Morgan fingerprint density at radius 3 is 1.17 bits per heavy atom. The Morgan fingerprint density at radius 1 is 0.574 bits per heavy atom. The summed E-state index contributed by atoms with van der Waals surface area (Å²) in [5, 5.41) is 23.6. The van der Waals surface area contributed by atoms with Crippen molar-refractivity contribution in [1.82, 2.24) is 0 Å². The molecule has 0 heterocycles. The Bertz CT molecular complexity index is 1380. The lowest BCUT2D eigenvalue weighted by atomic mass is 9.84. The van der Waals surface area contributed by atoms with Crippen LogP contribution in [-0.4, -0.2) is 84.0 Å². The molecule has 0 unspecified atom stereocenters. The second-order valence-electron chi connectivity index (χ2n) is 19.5. The molecule has 0 radical (unpaired) electrons. The van der Waals surface area contributed by atoms with Gasteiger partial charge in [-0.15, -0.1) is 0 Å². The quantitative estimate of drug-likeness (QED) is 0.105. The average Bonchev–Trinajstić information content (AvgIpc) is 3.11. The van der Waals surface area contributed by atoms with Crippen LogP contribution in [-0.2, 0) is 23.9 Å². The van der Waals surface area contributed by atoms with Gasteiger partial charge < -0.3 is 19.2 Å². The van der Waals surface area contributed by atoms with Crippen molar-refractivity contribution >= 4 is 12.4 Å². The Hall–Kier alpha value is -2.70. The van der Waals surface area contributed by atoms with E-state index < -0.39 is 0 Å². The van der Waals surface area contributed by atoms with Crippen LogP contribution in [0.2, 0.25) is 0 Å². The number of nitrogens with zero attached hydrogens (tertiary/aromatic N) is 4. The highest BCUT2D eigenvalue weighted by Gasteiger charge is 2.29. The van der Waals surface area contributed by atoms with Gasteiger partial charge in [0.15, 0.2) is 0 Å². The fraction of sp³-hybridized carbons (Fsp3) is 0.708. The zero-order valence-corrected chi connectivity index (χ0v) is 37.0. The van der Waals surface area contributed by atoms with E-state index in [-0.39, 0.29) is 22.9 Å². The van der Waals surface area contributed by atoms with Crippen LogP contribution in [0.3, 0.4) is 0 Å². The lowest BCUT2D eigenvalue weighted by Gasteiger charge is -2.35. The number of phenolic OH excluding ortho intramolecular Hbond substituents is 2. The van der Waals surface area contributed by atoms with Gasteiger partial charge in [-0.05, 0) is 84.7 Å². The molecular formula is C48H82N4O2+2. The van der Waals surface area contributed by atoms with Crippen LogP contribution in [0.5, 0.6) is 11.5 Å². The highest BCUT2D eigenvalue weighted by molar-refractivity contribution is 5.86. The highest BCUT2D eigenvalue weighted by Crippen LogP contribution is 2.35. The van der Waals surface area contributed by atoms with Crippen LogP contribution in [0.1, 0.15) is 180 Å². The van der Waals surface area contributed by atoms with E-state index in [9.17, 15) is 10.2 Å². The summed E-state index contributed by atoms with van der Waals surface area (Å²) in [7, 11) is 4.73. The number of benzene rings is 2. The third-order valence-electron chi connectivity index (χ3n) is 12.0. The van der Waals surface area contributed by atoms with Gasteiger partial charge in [-0.25, -0.2) is 0 Å². The Balaban J connectivity index is 2.00. The summed E-state index contributed by atoms with van der Waals surface area (Å²) in [6.07, 6.45) is 17.5. The number of phenols is 2. The number of rotatable bonds is 20. The Labute approximate surface area is 332 Å². The first-order valence-electron chi connectivity index (χ1n) is 21.8. The van der Waals surface area contributed by atoms with Crippen molar-refractivity contribution in [1.29, 1.82) is 0 Å². The largest absolute Gasteiger partial charge is 0.507 e. The van der Waals surface area contributed by atoms with Crippen LogP contribution < -0.4 is 0 Å². The topological polar surface area (TPSA) is 65.2 Å². The fourth-order valence-corrected chi connectivity index (χ4v) is 8.06. The minimum atomic E-state index is -0.0519. The Kier molecular flexibility index (Phi) is 17.3. The molecule has 2 aromatic rings. The van der Waals surface area contributed by atoms with E-state index in [0.29, 0.717) is 11.5 Å². The fourth-order valence-electron chi connectivity index (χ4n) is 8.06. The number of aliphatic imine (C=N–C) groups is 2. The summed E-state index contributed by atoms with van der Waals surface area (Å²) in [5.74, 6) is 0.749. The van der Waals surface area contributed by atoms with Crippen molar-refractivity contribution in [2.75, 3.05) is 40.3 Å². The van der Waals surface area contributed by atoms with Gasteiger partial charge in [-0.3, -0.25) is 9.98 Å². The molecular weight excluding hydrogens is 665 g/mol.